The Kier molecular flexibility index (Phi) is 7.66. The van der Waals surface area contributed by atoms with Gasteiger partial charge in [-0.05, 0) is 49.1 Å². The van der Waals surface area contributed by atoms with Crippen LogP contribution in [0.15, 0.2) is 66.7 Å². The molecule has 2 aliphatic rings. The van der Waals surface area contributed by atoms with Crippen LogP contribution in [0, 0.1) is 11.8 Å². The van der Waals surface area contributed by atoms with Gasteiger partial charge in [0, 0.05) is 38.4 Å². The second-order valence-corrected chi connectivity index (χ2v) is 8.69. The number of ether oxygens (including phenoxy) is 1. The first kappa shape index (κ1) is 22.9. The van der Waals surface area contributed by atoms with Crippen molar-refractivity contribution in [1.29, 1.82) is 0 Å². The van der Waals surface area contributed by atoms with E-state index in [9.17, 15) is 9.59 Å². The lowest BCUT2D eigenvalue weighted by Crippen LogP contribution is -2.52. The Labute approximate surface area is 196 Å². The van der Waals surface area contributed by atoms with Gasteiger partial charge in [0.25, 0.3) is 0 Å². The Morgan fingerprint density at radius 1 is 0.909 bits per heavy atom. The van der Waals surface area contributed by atoms with Crippen LogP contribution in [0.5, 0.6) is 5.75 Å². The van der Waals surface area contributed by atoms with E-state index in [0.29, 0.717) is 32.5 Å². The number of carbonyl (C=O) groups excluding carboxylic acids is 2. The van der Waals surface area contributed by atoms with Crippen molar-refractivity contribution in [2.45, 2.75) is 19.3 Å². The van der Waals surface area contributed by atoms with Crippen LogP contribution in [0.1, 0.15) is 18.4 Å². The summed E-state index contributed by atoms with van der Waals surface area (Å²) in [5.41, 5.74) is 2.34. The van der Waals surface area contributed by atoms with Gasteiger partial charge >= 0.3 is 0 Å². The summed E-state index contributed by atoms with van der Waals surface area (Å²) in [5.74, 6) is 0.366. The maximum atomic E-state index is 13.4. The molecule has 6 nitrogen and oxygen atoms in total. The van der Waals surface area contributed by atoms with Crippen molar-refractivity contribution in [3.05, 3.63) is 72.3 Å². The summed E-state index contributed by atoms with van der Waals surface area (Å²) < 4.78 is 5.24. The summed E-state index contributed by atoms with van der Waals surface area (Å²) in [4.78, 5) is 30.5. The second-order valence-electron chi connectivity index (χ2n) is 8.69. The predicted octanol–water partition coefficient (Wildman–Crippen LogP) is 3.29. The summed E-state index contributed by atoms with van der Waals surface area (Å²) in [6, 6.07) is 18.2. The fourth-order valence-corrected chi connectivity index (χ4v) is 4.70. The fraction of sp³-hybridized carbons (Fsp3) is 0.407. The smallest absolute Gasteiger partial charge is 0.226 e. The van der Waals surface area contributed by atoms with E-state index in [1.54, 1.807) is 7.11 Å². The van der Waals surface area contributed by atoms with Crippen molar-refractivity contribution in [3.8, 4) is 5.75 Å². The minimum Gasteiger partial charge on any atom is -0.497 e. The first-order valence-corrected chi connectivity index (χ1v) is 11.8. The SMILES string of the molecule is COc1ccc(N2CCN(C(=O)C3CC=CCC3C(=O)NCCc3ccccc3)CC2)cc1. The summed E-state index contributed by atoms with van der Waals surface area (Å²) in [5, 5.41) is 3.06. The third kappa shape index (κ3) is 5.75. The fourth-order valence-electron chi connectivity index (χ4n) is 4.70. The van der Waals surface area contributed by atoms with Crippen LogP contribution in [0.3, 0.4) is 0 Å². The van der Waals surface area contributed by atoms with Crippen molar-refractivity contribution in [3.63, 3.8) is 0 Å². The highest BCUT2D eigenvalue weighted by atomic mass is 16.5. The van der Waals surface area contributed by atoms with Gasteiger partial charge < -0.3 is 19.9 Å². The van der Waals surface area contributed by atoms with E-state index >= 15 is 0 Å². The highest BCUT2D eigenvalue weighted by Crippen LogP contribution is 2.29. The first-order chi connectivity index (χ1) is 16.2. The Balaban J connectivity index is 1.30. The maximum Gasteiger partial charge on any atom is 0.226 e. The minimum absolute atomic E-state index is 0.00880. The van der Waals surface area contributed by atoms with Gasteiger partial charge in [-0.25, -0.2) is 0 Å². The number of allylic oxidation sites excluding steroid dienone is 2. The highest BCUT2D eigenvalue weighted by molar-refractivity contribution is 5.88. The third-order valence-corrected chi connectivity index (χ3v) is 6.67. The van der Waals surface area contributed by atoms with Gasteiger partial charge in [0.05, 0.1) is 18.9 Å². The molecule has 2 aromatic rings. The maximum absolute atomic E-state index is 13.4. The Morgan fingerprint density at radius 2 is 1.58 bits per heavy atom. The molecule has 4 rings (SSSR count). The van der Waals surface area contributed by atoms with Gasteiger partial charge in [-0.1, -0.05) is 42.5 Å². The quantitative estimate of drug-likeness (QED) is 0.662. The van der Waals surface area contributed by atoms with Crippen molar-refractivity contribution < 1.29 is 14.3 Å². The van der Waals surface area contributed by atoms with Crippen LogP contribution < -0.4 is 15.0 Å². The van der Waals surface area contributed by atoms with Crippen LogP contribution in [-0.4, -0.2) is 56.5 Å². The number of piperazine rings is 1. The van der Waals surface area contributed by atoms with Crippen LogP contribution in [0.4, 0.5) is 5.69 Å². The lowest BCUT2D eigenvalue weighted by atomic mass is 9.81. The molecule has 1 saturated heterocycles. The van der Waals surface area contributed by atoms with E-state index in [0.717, 1.165) is 30.9 Å². The molecule has 33 heavy (non-hydrogen) atoms. The van der Waals surface area contributed by atoms with Gasteiger partial charge in [-0.2, -0.15) is 0 Å². The highest BCUT2D eigenvalue weighted by Gasteiger charge is 2.37. The number of nitrogens with one attached hydrogen (secondary N) is 1. The van der Waals surface area contributed by atoms with Crippen molar-refractivity contribution >= 4 is 17.5 Å². The van der Waals surface area contributed by atoms with Crippen LogP contribution in [-0.2, 0) is 16.0 Å². The number of hydrogen-bond donors (Lipinski definition) is 1. The van der Waals surface area contributed by atoms with Gasteiger partial charge in [0.1, 0.15) is 5.75 Å². The number of methoxy groups -OCH3 is 1. The van der Waals surface area contributed by atoms with E-state index < -0.39 is 0 Å². The number of anilines is 1. The topological polar surface area (TPSA) is 61.9 Å². The Hall–Kier alpha value is -3.28. The molecule has 2 atom stereocenters. The van der Waals surface area contributed by atoms with Gasteiger partial charge in [0.2, 0.25) is 11.8 Å². The molecule has 174 valence electrons. The van der Waals surface area contributed by atoms with Gasteiger partial charge in [0.15, 0.2) is 0 Å². The summed E-state index contributed by atoms with van der Waals surface area (Å²) in [6.45, 7) is 3.51. The minimum atomic E-state index is -0.294. The van der Waals surface area contributed by atoms with Gasteiger partial charge in [-0.3, -0.25) is 9.59 Å². The molecule has 2 aromatic carbocycles. The molecule has 0 bridgehead atoms. The monoisotopic (exact) mass is 447 g/mol. The molecule has 2 unspecified atom stereocenters. The number of carbonyl (C=O) groups is 2. The molecule has 0 spiro atoms. The molecule has 1 N–H and O–H groups in total. The molecule has 1 heterocycles. The predicted molar refractivity (Wildman–Crippen MR) is 130 cm³/mol. The number of amides is 2. The van der Waals surface area contributed by atoms with E-state index in [1.807, 2.05) is 47.4 Å². The zero-order valence-corrected chi connectivity index (χ0v) is 19.3. The first-order valence-electron chi connectivity index (χ1n) is 11.8. The van der Waals surface area contributed by atoms with E-state index in [1.165, 1.54) is 5.56 Å². The number of hydrogen-bond acceptors (Lipinski definition) is 4. The molecule has 6 heteroatoms. The van der Waals surface area contributed by atoms with Crippen molar-refractivity contribution in [2.24, 2.45) is 11.8 Å². The van der Waals surface area contributed by atoms with Crippen LogP contribution in [0.25, 0.3) is 0 Å². The van der Waals surface area contributed by atoms with Crippen molar-refractivity contribution in [2.75, 3.05) is 44.7 Å². The summed E-state index contributed by atoms with van der Waals surface area (Å²) in [7, 11) is 1.66. The largest absolute Gasteiger partial charge is 0.497 e. The Morgan fingerprint density at radius 3 is 2.24 bits per heavy atom. The zero-order valence-electron chi connectivity index (χ0n) is 19.3. The van der Waals surface area contributed by atoms with E-state index in [-0.39, 0.29) is 23.7 Å². The molecular formula is C27H33N3O3. The molecule has 1 aliphatic carbocycles. The zero-order chi connectivity index (χ0) is 23.0. The van der Waals surface area contributed by atoms with E-state index in [2.05, 4.69) is 34.5 Å². The number of nitrogens with zero attached hydrogens (tertiary/aromatic N) is 2. The molecule has 1 fully saturated rings. The number of benzene rings is 2. The van der Waals surface area contributed by atoms with Gasteiger partial charge in [-0.15, -0.1) is 0 Å². The normalized spacial score (nSPS) is 20.4. The van der Waals surface area contributed by atoms with Crippen LogP contribution in [0.2, 0.25) is 0 Å². The summed E-state index contributed by atoms with van der Waals surface area (Å²) >= 11 is 0. The lowest BCUT2D eigenvalue weighted by Gasteiger charge is -2.39. The molecule has 0 saturated carbocycles. The van der Waals surface area contributed by atoms with E-state index in [4.69, 9.17) is 4.74 Å². The lowest BCUT2D eigenvalue weighted by molar-refractivity contribution is -0.142. The molecule has 1 aliphatic heterocycles. The number of rotatable bonds is 7. The van der Waals surface area contributed by atoms with Crippen molar-refractivity contribution in [1.82, 2.24) is 10.2 Å². The molecule has 0 radical (unpaired) electrons. The average molecular weight is 448 g/mol. The third-order valence-electron chi connectivity index (χ3n) is 6.67. The van der Waals surface area contributed by atoms with Crippen LogP contribution >= 0.6 is 0 Å². The standard InChI is InChI=1S/C27H33N3O3/c1-33-23-13-11-22(12-14-23)29-17-19-30(20-18-29)27(32)25-10-6-5-9-24(25)26(31)28-16-15-21-7-3-2-4-8-21/h2-8,11-14,24-25H,9-10,15-20H2,1H3,(H,28,31). The summed E-state index contributed by atoms with van der Waals surface area (Å²) in [6.07, 6.45) is 6.13. The molecule has 0 aromatic heterocycles. The molecule has 2 amide bonds. The average Bonchev–Trinajstić information content (AvgIpc) is 2.89. The second kappa shape index (κ2) is 11.0. The Bertz CT molecular complexity index is 950. The molecular weight excluding hydrogens is 414 g/mol.